The third kappa shape index (κ3) is 4.04. The summed E-state index contributed by atoms with van der Waals surface area (Å²) in [7, 11) is 0. The number of hydrogen-bond donors (Lipinski definition) is 1. The maximum absolute atomic E-state index is 12.8. The number of rotatable bonds is 5. The summed E-state index contributed by atoms with van der Waals surface area (Å²) in [6.45, 7) is 0.872. The van der Waals surface area contributed by atoms with Crippen LogP contribution in [0.25, 0.3) is 0 Å². The van der Waals surface area contributed by atoms with Crippen LogP contribution in [0, 0.1) is 0 Å². The Bertz CT molecular complexity index is 702. The van der Waals surface area contributed by atoms with Crippen molar-refractivity contribution >= 4 is 23.5 Å². The topological polar surface area (TPSA) is 90.3 Å². The largest absolute Gasteiger partial charge is 0.481 e. The number of carbonyl (C=O) groups is 3. The number of benzene rings is 1. The Balaban J connectivity index is 1.74. The third-order valence-electron chi connectivity index (χ3n) is 4.58. The Labute approximate surface area is 145 Å². The molecule has 2 amide bonds. The molecule has 1 fully saturated rings. The highest BCUT2D eigenvalue weighted by molar-refractivity contribution is 6.39. The molecule has 0 spiro atoms. The van der Waals surface area contributed by atoms with Crippen LogP contribution in [-0.4, -0.2) is 51.1 Å². The molecule has 0 aromatic heterocycles. The first-order valence-corrected chi connectivity index (χ1v) is 8.49. The fraction of sp³-hybridized carbons (Fsp3) is 0.444. The zero-order valence-corrected chi connectivity index (χ0v) is 13.9. The molecule has 1 atom stereocenters. The van der Waals surface area contributed by atoms with Gasteiger partial charge in [0.2, 0.25) is 5.91 Å². The van der Waals surface area contributed by atoms with E-state index in [4.69, 9.17) is 5.11 Å². The molecule has 7 nitrogen and oxygen atoms in total. The zero-order valence-electron chi connectivity index (χ0n) is 13.9. The van der Waals surface area contributed by atoms with E-state index in [2.05, 4.69) is 5.10 Å². The molecule has 0 saturated carbocycles. The molecule has 0 aliphatic carbocycles. The van der Waals surface area contributed by atoms with Gasteiger partial charge >= 0.3 is 5.97 Å². The summed E-state index contributed by atoms with van der Waals surface area (Å²) in [5.41, 5.74) is 1.28. The summed E-state index contributed by atoms with van der Waals surface area (Å²) in [6, 6.07) is 9.20. The van der Waals surface area contributed by atoms with E-state index in [0.717, 1.165) is 12.0 Å². The van der Waals surface area contributed by atoms with Crippen molar-refractivity contribution in [3.05, 3.63) is 35.9 Å². The third-order valence-corrected chi connectivity index (χ3v) is 4.58. The minimum atomic E-state index is -0.906. The van der Waals surface area contributed by atoms with Gasteiger partial charge in [-0.3, -0.25) is 14.4 Å². The molecular weight excluding hydrogens is 322 g/mol. The molecule has 7 heteroatoms. The predicted octanol–water partition coefficient (Wildman–Crippen LogP) is 1.63. The van der Waals surface area contributed by atoms with Crippen LogP contribution in [0.4, 0.5) is 0 Å². The van der Waals surface area contributed by atoms with E-state index in [1.165, 1.54) is 5.01 Å². The predicted molar refractivity (Wildman–Crippen MR) is 90.6 cm³/mol. The number of hydrogen-bond acceptors (Lipinski definition) is 4. The van der Waals surface area contributed by atoms with E-state index >= 15 is 0 Å². The standard InChI is InChI=1S/C18H21N3O4/c22-16-9-8-15(19-21(16)12-13-5-2-1-3-6-13)18(25)20-10-4-7-14(20)11-17(23)24/h1-3,5-6,14H,4,7-12H2,(H,23,24). The lowest BCUT2D eigenvalue weighted by atomic mass is 10.1. The van der Waals surface area contributed by atoms with Gasteiger partial charge in [-0.25, -0.2) is 5.01 Å². The van der Waals surface area contributed by atoms with Crippen LogP contribution in [0.5, 0.6) is 0 Å². The normalized spacial score (nSPS) is 20.6. The first kappa shape index (κ1) is 17.1. The number of hydrazone groups is 1. The van der Waals surface area contributed by atoms with E-state index in [9.17, 15) is 14.4 Å². The Morgan fingerprint density at radius 1 is 1.20 bits per heavy atom. The van der Waals surface area contributed by atoms with Crippen molar-refractivity contribution < 1.29 is 19.5 Å². The van der Waals surface area contributed by atoms with Gasteiger partial charge in [0.25, 0.3) is 5.91 Å². The molecule has 1 aromatic rings. The Morgan fingerprint density at radius 2 is 1.96 bits per heavy atom. The van der Waals surface area contributed by atoms with Crippen molar-refractivity contribution in [2.24, 2.45) is 5.10 Å². The van der Waals surface area contributed by atoms with Crippen LogP contribution in [0.15, 0.2) is 35.4 Å². The highest BCUT2D eigenvalue weighted by Crippen LogP contribution is 2.23. The number of carbonyl (C=O) groups excluding carboxylic acids is 2. The highest BCUT2D eigenvalue weighted by Gasteiger charge is 2.34. The second-order valence-corrected chi connectivity index (χ2v) is 6.38. The monoisotopic (exact) mass is 343 g/mol. The van der Waals surface area contributed by atoms with E-state index in [1.54, 1.807) is 4.90 Å². The summed E-state index contributed by atoms with van der Waals surface area (Å²) in [4.78, 5) is 37.5. The average molecular weight is 343 g/mol. The van der Waals surface area contributed by atoms with Crippen molar-refractivity contribution in [2.45, 2.75) is 44.7 Å². The number of aliphatic carboxylic acids is 1. The molecule has 1 unspecified atom stereocenters. The Hall–Kier alpha value is -2.70. The van der Waals surface area contributed by atoms with Gasteiger partial charge in [0, 0.05) is 25.4 Å². The number of carboxylic acids is 1. The average Bonchev–Trinajstić information content (AvgIpc) is 3.04. The van der Waals surface area contributed by atoms with Crippen LogP contribution >= 0.6 is 0 Å². The summed E-state index contributed by atoms with van der Waals surface area (Å²) < 4.78 is 0. The van der Waals surface area contributed by atoms with Gasteiger partial charge in [-0.15, -0.1) is 0 Å². The smallest absolute Gasteiger partial charge is 0.305 e. The second kappa shape index (κ2) is 7.46. The minimum absolute atomic E-state index is 0.0499. The molecule has 0 radical (unpaired) electrons. The van der Waals surface area contributed by atoms with Crippen LogP contribution in [-0.2, 0) is 20.9 Å². The van der Waals surface area contributed by atoms with Gasteiger partial charge in [-0.05, 0) is 18.4 Å². The summed E-state index contributed by atoms with van der Waals surface area (Å²) in [6.07, 6.45) is 1.99. The van der Waals surface area contributed by atoms with E-state index in [0.29, 0.717) is 31.6 Å². The molecule has 2 aliphatic heterocycles. The fourth-order valence-corrected chi connectivity index (χ4v) is 3.32. The molecule has 1 N–H and O–H groups in total. The van der Waals surface area contributed by atoms with Gasteiger partial charge in [0.15, 0.2) is 0 Å². The van der Waals surface area contributed by atoms with Crippen molar-refractivity contribution in [3.8, 4) is 0 Å². The van der Waals surface area contributed by atoms with Gasteiger partial charge in [-0.2, -0.15) is 5.10 Å². The molecule has 3 rings (SSSR count). The van der Waals surface area contributed by atoms with Crippen LogP contribution < -0.4 is 0 Å². The molecule has 132 valence electrons. The van der Waals surface area contributed by atoms with E-state index in [-0.39, 0.29) is 30.7 Å². The highest BCUT2D eigenvalue weighted by atomic mass is 16.4. The minimum Gasteiger partial charge on any atom is -0.481 e. The SMILES string of the molecule is O=C(O)CC1CCCN1C(=O)C1=NN(Cc2ccccc2)C(=O)CC1. The van der Waals surface area contributed by atoms with Gasteiger partial charge in [0.1, 0.15) is 5.71 Å². The van der Waals surface area contributed by atoms with Crippen LogP contribution in [0.1, 0.15) is 37.7 Å². The molecule has 2 aliphatic rings. The van der Waals surface area contributed by atoms with Gasteiger partial charge < -0.3 is 10.0 Å². The fourth-order valence-electron chi connectivity index (χ4n) is 3.32. The lowest BCUT2D eigenvalue weighted by molar-refractivity contribution is -0.138. The van der Waals surface area contributed by atoms with Crippen molar-refractivity contribution in [1.82, 2.24) is 9.91 Å². The molecule has 2 heterocycles. The van der Waals surface area contributed by atoms with Crippen LogP contribution in [0.3, 0.4) is 0 Å². The van der Waals surface area contributed by atoms with Gasteiger partial charge in [0.05, 0.1) is 13.0 Å². The zero-order chi connectivity index (χ0) is 17.8. The van der Waals surface area contributed by atoms with E-state index < -0.39 is 5.97 Å². The summed E-state index contributed by atoms with van der Waals surface area (Å²) in [5, 5.41) is 14.6. The van der Waals surface area contributed by atoms with Crippen molar-refractivity contribution in [2.75, 3.05) is 6.54 Å². The Kier molecular flexibility index (Phi) is 5.11. The van der Waals surface area contributed by atoms with Crippen LogP contribution in [0.2, 0.25) is 0 Å². The second-order valence-electron chi connectivity index (χ2n) is 6.38. The summed E-state index contributed by atoms with van der Waals surface area (Å²) in [5.74, 6) is -1.26. The van der Waals surface area contributed by atoms with Gasteiger partial charge in [-0.1, -0.05) is 30.3 Å². The molecule has 1 aromatic carbocycles. The van der Waals surface area contributed by atoms with Crippen molar-refractivity contribution in [3.63, 3.8) is 0 Å². The molecule has 1 saturated heterocycles. The molecular formula is C18H21N3O4. The number of amides is 2. The lowest BCUT2D eigenvalue weighted by Gasteiger charge is -2.28. The maximum Gasteiger partial charge on any atom is 0.305 e. The first-order valence-electron chi connectivity index (χ1n) is 8.49. The Morgan fingerprint density at radius 3 is 2.68 bits per heavy atom. The molecule has 25 heavy (non-hydrogen) atoms. The van der Waals surface area contributed by atoms with E-state index in [1.807, 2.05) is 30.3 Å². The number of carboxylic acid groups (broad SMARTS) is 1. The maximum atomic E-state index is 12.8. The number of likely N-dealkylation sites (tertiary alicyclic amines) is 1. The lowest BCUT2D eigenvalue weighted by Crippen LogP contribution is -2.44. The first-order chi connectivity index (χ1) is 12.0. The van der Waals surface area contributed by atoms with Crippen molar-refractivity contribution in [1.29, 1.82) is 0 Å². The number of nitrogens with zero attached hydrogens (tertiary/aromatic N) is 3. The summed E-state index contributed by atoms with van der Waals surface area (Å²) >= 11 is 0. The quantitative estimate of drug-likeness (QED) is 0.880. The molecule has 0 bridgehead atoms.